The largest absolute Gasteiger partial charge is 0 e. The Balaban J connectivity index is -0.00000000500. The third-order valence-electron chi connectivity index (χ3n) is 0. The molecule has 0 rings (SSSR count). The maximum Gasteiger partial charge on any atom is 0 e. The Kier molecular flexibility index (Phi) is 76.6. The van der Waals surface area contributed by atoms with Gasteiger partial charge in [0.05, 0.1) is 0 Å². The third kappa shape index (κ3) is 8.87. The van der Waals surface area contributed by atoms with Crippen molar-refractivity contribution in [1.82, 2.24) is 0 Å². The van der Waals surface area contributed by atoms with Crippen molar-refractivity contribution in [3.8, 4) is 0 Å². The first-order valence-corrected chi connectivity index (χ1v) is 1.50. The molecule has 0 saturated carbocycles. The van der Waals surface area contributed by atoms with Gasteiger partial charge in [0.1, 0.15) is 0 Å². The van der Waals surface area contributed by atoms with Crippen LogP contribution >= 0.6 is 0 Å². The summed E-state index contributed by atoms with van der Waals surface area (Å²) in [6.45, 7) is 0. The summed E-state index contributed by atoms with van der Waals surface area (Å²) >= 11 is 0.125. The molecule has 0 aromatic carbocycles. The van der Waals surface area contributed by atoms with Crippen LogP contribution in [0, 0.1) is 0 Å². The summed E-state index contributed by atoms with van der Waals surface area (Å²) in [5.74, 6) is 0. The van der Waals surface area contributed by atoms with E-state index in [0.717, 1.165) is 0 Å². The van der Waals surface area contributed by atoms with Gasteiger partial charge >= 0.3 is 21.8 Å². The van der Waals surface area contributed by atoms with Gasteiger partial charge in [-0.15, -0.1) is 0 Å². The Morgan fingerprint density at radius 1 is 1.25 bits per heavy atom. The van der Waals surface area contributed by atoms with Gasteiger partial charge in [-0.3, -0.25) is 0 Å². The first kappa shape index (κ1) is 16.3. The van der Waals surface area contributed by atoms with Crippen LogP contribution in [0.15, 0.2) is 0 Å². The van der Waals surface area contributed by atoms with Crippen LogP contribution in [-0.2, 0) is 76.3 Å². The summed E-state index contributed by atoms with van der Waals surface area (Å²) in [6.07, 6.45) is 0. The number of hydrogen-bond donors (Lipinski definition) is 0. The molecule has 0 aliphatic heterocycles. The van der Waals surface area contributed by atoms with E-state index in [4.69, 9.17) is 3.57 Å². The molecule has 1 nitrogen and oxygen atoms in total. The number of hydrogen-bond acceptors (Lipinski definition) is 1. The first-order valence-electron chi connectivity index (χ1n) is 0.289. The van der Waals surface area contributed by atoms with E-state index in [-0.39, 0.29) is 72.7 Å². The monoisotopic (exact) mass is 217 g/mol. The zero-order valence-electron chi connectivity index (χ0n) is 2.19. The Bertz CT molecular complexity index is 8.00. The fourth-order valence-electron chi connectivity index (χ4n) is 0. The van der Waals surface area contributed by atoms with Gasteiger partial charge in [0.2, 0.25) is 0 Å². The van der Waals surface area contributed by atoms with Crippen LogP contribution in [0.1, 0.15) is 0 Å². The van der Waals surface area contributed by atoms with E-state index in [1.54, 1.807) is 0 Å². The normalized spacial score (nSPS) is 1.50. The van der Waals surface area contributed by atoms with E-state index in [9.17, 15) is 0 Å². The molecule has 0 N–H and O–H groups in total. The second kappa shape index (κ2) is 18.8. The zero-order chi connectivity index (χ0) is 2.00. The molecule has 0 saturated heterocycles. The van der Waals surface area contributed by atoms with E-state index in [1.807, 2.05) is 0 Å². The van der Waals surface area contributed by atoms with Crippen LogP contribution in [0.2, 0.25) is 0 Å². The van der Waals surface area contributed by atoms with Crippen LogP contribution in [0.5, 0.6) is 0 Å². The second-order valence-corrected chi connectivity index (χ2v) is 0. The Hall–Kier alpha value is 2.24. The van der Waals surface area contributed by atoms with E-state index in [1.165, 1.54) is 0 Å². The molecule has 0 spiro atoms. The standard InChI is InChI=1S/O.Ti.Y.Zn. The summed E-state index contributed by atoms with van der Waals surface area (Å²) in [4.78, 5) is 0. The van der Waals surface area contributed by atoms with Crippen molar-refractivity contribution < 1.29 is 76.3 Å². The molecule has 4 heavy (non-hydrogen) atoms. The van der Waals surface area contributed by atoms with Crippen molar-refractivity contribution in [2.24, 2.45) is 0 Å². The average molecular weight is 218 g/mol. The van der Waals surface area contributed by atoms with Crippen molar-refractivity contribution in [2.75, 3.05) is 0 Å². The van der Waals surface area contributed by atoms with Crippen LogP contribution < -0.4 is 0 Å². The van der Waals surface area contributed by atoms with E-state index >= 15 is 0 Å². The van der Waals surface area contributed by atoms with E-state index in [0.29, 0.717) is 0 Å². The predicted octanol–water partition coefficient (Wildman–Crippen LogP) is -0.126. The molecule has 0 heterocycles. The van der Waals surface area contributed by atoms with E-state index in [2.05, 4.69) is 0 Å². The summed E-state index contributed by atoms with van der Waals surface area (Å²) in [5.41, 5.74) is 0. The van der Waals surface area contributed by atoms with Gasteiger partial charge in [0.25, 0.3) is 0 Å². The fraction of sp³-hybridized carbons (Fsp3) is 0. The molecule has 0 fully saturated rings. The molecular weight excluding hydrogens is 218 g/mol. The summed E-state index contributed by atoms with van der Waals surface area (Å²) in [6, 6.07) is 0. The van der Waals surface area contributed by atoms with Gasteiger partial charge in [-0.2, -0.15) is 0 Å². The van der Waals surface area contributed by atoms with Crippen molar-refractivity contribution in [1.29, 1.82) is 0 Å². The third-order valence-corrected chi connectivity index (χ3v) is 0. The fourth-order valence-corrected chi connectivity index (χ4v) is 0. The first-order chi connectivity index (χ1) is 1.00. The Labute approximate surface area is 75.0 Å². The van der Waals surface area contributed by atoms with Crippen molar-refractivity contribution in [2.45, 2.75) is 0 Å². The van der Waals surface area contributed by atoms with Crippen LogP contribution in [0.25, 0.3) is 0 Å². The maximum absolute atomic E-state index is 8.38. The van der Waals surface area contributed by atoms with Gasteiger partial charge < -0.3 is 0 Å². The van der Waals surface area contributed by atoms with Gasteiger partial charge in [0, 0.05) is 54.4 Å². The molecule has 1 radical (unpaired) electrons. The minimum Gasteiger partial charge on any atom is 0 e. The summed E-state index contributed by atoms with van der Waals surface area (Å²) in [7, 11) is 0. The Morgan fingerprint density at radius 2 is 1.25 bits per heavy atom. The maximum atomic E-state index is 8.38. The van der Waals surface area contributed by atoms with Crippen molar-refractivity contribution >= 4 is 0 Å². The second-order valence-electron chi connectivity index (χ2n) is 0. The molecule has 0 bridgehead atoms. The molecule has 0 amide bonds. The van der Waals surface area contributed by atoms with Gasteiger partial charge in [-0.1, -0.05) is 0 Å². The van der Waals surface area contributed by atoms with Crippen LogP contribution in [0.3, 0.4) is 0 Å². The Morgan fingerprint density at radius 3 is 1.25 bits per heavy atom. The average Bonchev–Trinajstić information content (AvgIpc) is 1.00. The minimum atomic E-state index is 0. The smallest absolute Gasteiger partial charge is 0 e. The molecule has 15 valence electrons. The minimum absolute atomic E-state index is 0. The molecule has 0 atom stereocenters. The van der Waals surface area contributed by atoms with Crippen molar-refractivity contribution in [3.05, 3.63) is 0 Å². The van der Waals surface area contributed by atoms with Gasteiger partial charge in [0.15, 0.2) is 0 Å². The zero-order valence-corrected chi connectivity index (χ0v) is 9.56. The summed E-state index contributed by atoms with van der Waals surface area (Å²) in [5, 5.41) is 0. The van der Waals surface area contributed by atoms with Crippen LogP contribution in [0.4, 0.5) is 0 Å². The quantitative estimate of drug-likeness (QED) is 0.518. The van der Waals surface area contributed by atoms with Crippen molar-refractivity contribution in [3.63, 3.8) is 0 Å². The molecule has 0 aliphatic carbocycles. The van der Waals surface area contributed by atoms with Gasteiger partial charge in [-0.25, -0.2) is 0 Å². The molecule has 0 aromatic heterocycles. The molecule has 0 unspecified atom stereocenters. The SMILES string of the molecule is [O]=[Zn].[Ti].[Y]. The predicted molar refractivity (Wildman–Crippen MR) is 0.686 cm³/mol. The van der Waals surface area contributed by atoms with E-state index < -0.39 is 0 Å². The number of rotatable bonds is 0. The molecule has 4 heteroatoms. The topological polar surface area (TPSA) is 17.1 Å². The summed E-state index contributed by atoms with van der Waals surface area (Å²) < 4.78 is 8.38. The molecule has 0 aliphatic rings. The van der Waals surface area contributed by atoms with Gasteiger partial charge in [-0.05, 0) is 0 Å². The molecule has 0 aromatic rings. The van der Waals surface area contributed by atoms with Crippen LogP contribution in [-0.4, -0.2) is 0 Å². The molecular formula is OTiYZn.